The molecule has 3 heteroatoms. The van der Waals surface area contributed by atoms with E-state index in [2.05, 4.69) is 43.5 Å². The lowest BCUT2D eigenvalue weighted by molar-refractivity contribution is 0.237. The molecule has 0 aliphatic carbocycles. The van der Waals surface area contributed by atoms with Crippen LogP contribution >= 0.6 is 0 Å². The molecule has 0 fully saturated rings. The SMILES string of the molecule is Cc1cc(C)c(CNC(=O)NC(C)c2ccccc2)c(C)c1. The molecule has 1 unspecified atom stereocenters. The van der Waals surface area contributed by atoms with Crippen molar-refractivity contribution in [2.45, 2.75) is 40.3 Å². The summed E-state index contributed by atoms with van der Waals surface area (Å²) < 4.78 is 0. The van der Waals surface area contributed by atoms with Crippen LogP contribution in [-0.2, 0) is 6.54 Å². The third-order valence-corrected chi connectivity index (χ3v) is 3.91. The van der Waals surface area contributed by atoms with Crippen LogP contribution < -0.4 is 10.6 Å². The summed E-state index contributed by atoms with van der Waals surface area (Å²) in [5.41, 5.74) is 5.97. The van der Waals surface area contributed by atoms with Crippen LogP contribution in [0, 0.1) is 20.8 Å². The van der Waals surface area contributed by atoms with E-state index in [1.54, 1.807) is 0 Å². The van der Waals surface area contributed by atoms with Gasteiger partial charge in [-0.25, -0.2) is 4.79 Å². The number of urea groups is 1. The van der Waals surface area contributed by atoms with Gasteiger partial charge in [-0.15, -0.1) is 0 Å². The van der Waals surface area contributed by atoms with Gasteiger partial charge in [0.15, 0.2) is 0 Å². The van der Waals surface area contributed by atoms with E-state index < -0.39 is 0 Å². The van der Waals surface area contributed by atoms with Crippen molar-refractivity contribution in [1.82, 2.24) is 10.6 Å². The predicted molar refractivity (Wildman–Crippen MR) is 90.9 cm³/mol. The summed E-state index contributed by atoms with van der Waals surface area (Å²) in [6.45, 7) is 8.79. The maximum atomic E-state index is 12.1. The highest BCUT2D eigenvalue weighted by Crippen LogP contribution is 2.16. The molecule has 22 heavy (non-hydrogen) atoms. The Labute approximate surface area is 132 Å². The number of nitrogens with one attached hydrogen (secondary N) is 2. The highest BCUT2D eigenvalue weighted by Gasteiger charge is 2.10. The van der Waals surface area contributed by atoms with Crippen molar-refractivity contribution in [3.63, 3.8) is 0 Å². The van der Waals surface area contributed by atoms with Gasteiger partial charge in [0, 0.05) is 6.54 Å². The molecule has 0 aliphatic rings. The Kier molecular flexibility index (Phi) is 5.21. The number of benzene rings is 2. The standard InChI is InChI=1S/C19H24N2O/c1-13-10-14(2)18(15(3)11-13)12-20-19(22)21-16(4)17-8-6-5-7-9-17/h5-11,16H,12H2,1-4H3,(H2,20,21,22). The second-order valence-electron chi connectivity index (χ2n) is 5.84. The van der Waals surface area contributed by atoms with Crippen molar-refractivity contribution in [3.05, 3.63) is 70.3 Å². The highest BCUT2D eigenvalue weighted by atomic mass is 16.2. The van der Waals surface area contributed by atoms with Crippen LogP contribution in [-0.4, -0.2) is 6.03 Å². The number of aryl methyl sites for hydroxylation is 3. The van der Waals surface area contributed by atoms with Gasteiger partial charge in [-0.2, -0.15) is 0 Å². The molecule has 0 heterocycles. The van der Waals surface area contributed by atoms with E-state index in [9.17, 15) is 4.79 Å². The summed E-state index contributed by atoms with van der Waals surface area (Å²) >= 11 is 0. The van der Waals surface area contributed by atoms with Crippen molar-refractivity contribution in [1.29, 1.82) is 0 Å². The highest BCUT2D eigenvalue weighted by molar-refractivity contribution is 5.74. The van der Waals surface area contributed by atoms with Crippen LogP contribution in [0.1, 0.15) is 40.8 Å². The van der Waals surface area contributed by atoms with Gasteiger partial charge in [0.25, 0.3) is 0 Å². The van der Waals surface area contributed by atoms with Crippen molar-refractivity contribution in [2.75, 3.05) is 0 Å². The summed E-state index contributed by atoms with van der Waals surface area (Å²) in [7, 11) is 0. The molecule has 0 spiro atoms. The maximum Gasteiger partial charge on any atom is 0.315 e. The van der Waals surface area contributed by atoms with Crippen molar-refractivity contribution < 1.29 is 4.79 Å². The zero-order valence-corrected chi connectivity index (χ0v) is 13.7. The topological polar surface area (TPSA) is 41.1 Å². The average molecular weight is 296 g/mol. The van der Waals surface area contributed by atoms with E-state index >= 15 is 0 Å². The van der Waals surface area contributed by atoms with Gasteiger partial charge in [0.1, 0.15) is 0 Å². The van der Waals surface area contributed by atoms with E-state index in [1.165, 1.54) is 22.3 Å². The smallest absolute Gasteiger partial charge is 0.315 e. The van der Waals surface area contributed by atoms with Gasteiger partial charge in [-0.3, -0.25) is 0 Å². The van der Waals surface area contributed by atoms with E-state index in [4.69, 9.17) is 0 Å². The molecule has 2 N–H and O–H groups in total. The second-order valence-corrected chi connectivity index (χ2v) is 5.84. The Balaban J connectivity index is 1.94. The first kappa shape index (κ1) is 16.1. The number of rotatable bonds is 4. The van der Waals surface area contributed by atoms with E-state index in [0.717, 1.165) is 5.56 Å². The summed E-state index contributed by atoms with van der Waals surface area (Å²) in [5.74, 6) is 0. The first-order valence-corrected chi connectivity index (χ1v) is 7.63. The third-order valence-electron chi connectivity index (χ3n) is 3.91. The molecule has 0 radical (unpaired) electrons. The number of carbonyl (C=O) groups is 1. The number of amides is 2. The molecule has 3 nitrogen and oxygen atoms in total. The number of carbonyl (C=O) groups excluding carboxylic acids is 1. The lowest BCUT2D eigenvalue weighted by atomic mass is 10.00. The quantitative estimate of drug-likeness (QED) is 0.873. The Morgan fingerprint density at radius 1 is 1.05 bits per heavy atom. The van der Waals surface area contributed by atoms with Crippen LogP contribution in [0.25, 0.3) is 0 Å². The molecule has 0 bridgehead atoms. The average Bonchev–Trinajstić information content (AvgIpc) is 2.47. The van der Waals surface area contributed by atoms with Crippen LogP contribution in [0.5, 0.6) is 0 Å². The van der Waals surface area contributed by atoms with Crippen LogP contribution in [0.4, 0.5) is 4.79 Å². The fourth-order valence-electron chi connectivity index (χ4n) is 2.73. The Morgan fingerprint density at radius 3 is 2.23 bits per heavy atom. The Hall–Kier alpha value is -2.29. The molecule has 0 saturated carbocycles. The summed E-state index contributed by atoms with van der Waals surface area (Å²) in [6, 6.07) is 14.1. The van der Waals surface area contributed by atoms with Crippen molar-refractivity contribution in [2.24, 2.45) is 0 Å². The summed E-state index contributed by atoms with van der Waals surface area (Å²) in [4.78, 5) is 12.1. The van der Waals surface area contributed by atoms with Crippen LogP contribution in [0.15, 0.2) is 42.5 Å². The van der Waals surface area contributed by atoms with E-state index in [1.807, 2.05) is 37.3 Å². The fourth-order valence-corrected chi connectivity index (χ4v) is 2.73. The van der Waals surface area contributed by atoms with E-state index in [0.29, 0.717) is 6.54 Å². The molecule has 0 aromatic heterocycles. The molecule has 2 rings (SSSR count). The molecular formula is C19H24N2O. The van der Waals surface area contributed by atoms with Gasteiger partial charge in [0.2, 0.25) is 0 Å². The monoisotopic (exact) mass is 296 g/mol. The first-order chi connectivity index (χ1) is 10.5. The molecular weight excluding hydrogens is 272 g/mol. The molecule has 1 atom stereocenters. The van der Waals surface area contributed by atoms with Gasteiger partial charge >= 0.3 is 6.03 Å². The lowest BCUT2D eigenvalue weighted by Crippen LogP contribution is -2.36. The van der Waals surface area contributed by atoms with Gasteiger partial charge < -0.3 is 10.6 Å². The molecule has 116 valence electrons. The van der Waals surface area contributed by atoms with Crippen molar-refractivity contribution >= 4 is 6.03 Å². The van der Waals surface area contributed by atoms with Gasteiger partial charge in [-0.05, 0) is 49.9 Å². The third kappa shape index (κ3) is 4.10. The summed E-state index contributed by atoms with van der Waals surface area (Å²) in [5, 5.41) is 5.92. The molecule has 2 aromatic rings. The lowest BCUT2D eigenvalue weighted by Gasteiger charge is -2.16. The molecule has 0 saturated heterocycles. The number of hydrogen-bond acceptors (Lipinski definition) is 1. The first-order valence-electron chi connectivity index (χ1n) is 7.63. The van der Waals surface area contributed by atoms with Crippen molar-refractivity contribution in [3.8, 4) is 0 Å². The van der Waals surface area contributed by atoms with Crippen LogP contribution in [0.3, 0.4) is 0 Å². The molecule has 2 amide bonds. The van der Waals surface area contributed by atoms with E-state index in [-0.39, 0.29) is 12.1 Å². The maximum absolute atomic E-state index is 12.1. The Morgan fingerprint density at radius 2 is 1.64 bits per heavy atom. The van der Waals surface area contributed by atoms with Gasteiger partial charge in [0.05, 0.1) is 6.04 Å². The largest absolute Gasteiger partial charge is 0.334 e. The molecule has 0 aliphatic heterocycles. The normalized spacial score (nSPS) is 11.8. The second kappa shape index (κ2) is 7.12. The Bertz CT molecular complexity index is 627. The zero-order chi connectivity index (χ0) is 16.1. The minimum atomic E-state index is -0.143. The minimum Gasteiger partial charge on any atom is -0.334 e. The minimum absolute atomic E-state index is 0.0126. The fraction of sp³-hybridized carbons (Fsp3) is 0.316. The predicted octanol–water partition coefficient (Wildman–Crippen LogP) is 4.17. The summed E-state index contributed by atoms with van der Waals surface area (Å²) in [6.07, 6.45) is 0. The molecule has 2 aromatic carbocycles. The zero-order valence-electron chi connectivity index (χ0n) is 13.7. The number of hydrogen-bond donors (Lipinski definition) is 2. The van der Waals surface area contributed by atoms with Gasteiger partial charge in [-0.1, -0.05) is 48.0 Å². The van der Waals surface area contributed by atoms with Crippen LogP contribution in [0.2, 0.25) is 0 Å².